The molecule has 0 N–H and O–H groups in total. The van der Waals surface area contributed by atoms with Crippen molar-refractivity contribution in [1.29, 1.82) is 0 Å². The lowest BCUT2D eigenvalue weighted by molar-refractivity contribution is -0.144. The third-order valence-corrected chi connectivity index (χ3v) is 6.70. The Kier molecular flexibility index (Phi) is 25.7. The van der Waals surface area contributed by atoms with Gasteiger partial charge in [-0.25, -0.2) is 0 Å². The topological polar surface area (TPSA) is 46.6 Å². The van der Waals surface area contributed by atoms with E-state index in [4.69, 9.17) is 4.74 Å². The highest BCUT2D eigenvalue weighted by Crippen LogP contribution is 2.12. The largest absolute Gasteiger partial charge is 0.466 e. The van der Waals surface area contributed by atoms with Crippen LogP contribution in [0.5, 0.6) is 0 Å². The van der Waals surface area contributed by atoms with E-state index >= 15 is 0 Å². The van der Waals surface area contributed by atoms with Crippen LogP contribution < -0.4 is 0 Å². The fourth-order valence-corrected chi connectivity index (χ4v) is 4.37. The van der Waals surface area contributed by atoms with Gasteiger partial charge in [-0.1, -0.05) is 117 Å². The molecule has 0 saturated carbocycles. The fourth-order valence-electron chi connectivity index (χ4n) is 4.37. The first kappa shape index (κ1) is 32.9. The normalized spacial score (nSPS) is 11.0. The van der Waals surface area contributed by atoms with Gasteiger partial charge < -0.3 is 9.64 Å². The molecule has 0 saturated heterocycles. The van der Waals surface area contributed by atoms with Gasteiger partial charge in [0.05, 0.1) is 6.61 Å². The van der Waals surface area contributed by atoms with Gasteiger partial charge in [0.1, 0.15) is 0 Å². The Morgan fingerprint density at radius 2 is 0.912 bits per heavy atom. The smallest absolute Gasteiger partial charge is 0.305 e. The lowest BCUT2D eigenvalue weighted by Gasteiger charge is -2.23. The van der Waals surface area contributed by atoms with E-state index in [1.165, 1.54) is 89.9 Å². The number of unbranched alkanes of at least 4 members (excludes halogenated alkanes) is 16. The lowest BCUT2D eigenvalue weighted by Crippen LogP contribution is -2.32. The van der Waals surface area contributed by atoms with Crippen molar-refractivity contribution in [3.63, 3.8) is 0 Å². The molecule has 0 aromatic carbocycles. The molecule has 4 heteroatoms. The van der Waals surface area contributed by atoms with E-state index in [0.717, 1.165) is 51.6 Å². The van der Waals surface area contributed by atoms with Gasteiger partial charge in [0.25, 0.3) is 0 Å². The van der Waals surface area contributed by atoms with E-state index in [9.17, 15) is 9.59 Å². The first-order chi connectivity index (χ1) is 16.7. The summed E-state index contributed by atoms with van der Waals surface area (Å²) in [5.74, 6) is 0.172. The maximum absolute atomic E-state index is 12.7. The van der Waals surface area contributed by atoms with Crippen LogP contribution in [0.1, 0.15) is 162 Å². The van der Waals surface area contributed by atoms with Crippen LogP contribution in [0.2, 0.25) is 0 Å². The highest BCUT2D eigenvalue weighted by atomic mass is 16.5. The van der Waals surface area contributed by atoms with Gasteiger partial charge in [-0.2, -0.15) is 0 Å². The highest BCUT2D eigenvalue weighted by Gasteiger charge is 2.13. The van der Waals surface area contributed by atoms with Crippen molar-refractivity contribution in [2.24, 2.45) is 0 Å². The van der Waals surface area contributed by atoms with E-state index in [-0.39, 0.29) is 11.9 Å². The second-order valence-corrected chi connectivity index (χ2v) is 10.1. The van der Waals surface area contributed by atoms with Crippen LogP contribution in [-0.4, -0.2) is 36.5 Å². The molecule has 0 bridgehead atoms. The first-order valence-electron chi connectivity index (χ1n) is 15.1. The standard InChI is InChI=1S/C30H59NO3/c1-4-7-10-13-14-15-16-17-18-23-28-34-30(33)25-20-19-24-29(32)31(26-21-11-8-5-2)27-22-12-9-6-3/h4-28H2,1-3H3. The van der Waals surface area contributed by atoms with Crippen molar-refractivity contribution in [1.82, 2.24) is 4.90 Å². The van der Waals surface area contributed by atoms with Gasteiger partial charge in [0.15, 0.2) is 0 Å². The molecule has 0 atom stereocenters. The maximum Gasteiger partial charge on any atom is 0.305 e. The number of carbonyl (C=O) groups is 2. The van der Waals surface area contributed by atoms with Crippen molar-refractivity contribution < 1.29 is 14.3 Å². The predicted octanol–water partition coefficient (Wildman–Crippen LogP) is 9.00. The van der Waals surface area contributed by atoms with Gasteiger partial charge in [0, 0.05) is 25.9 Å². The van der Waals surface area contributed by atoms with E-state index in [2.05, 4.69) is 25.7 Å². The summed E-state index contributed by atoms with van der Waals surface area (Å²) in [5, 5.41) is 0. The molecule has 0 heterocycles. The minimum atomic E-state index is -0.0978. The van der Waals surface area contributed by atoms with Gasteiger partial charge in [-0.3, -0.25) is 9.59 Å². The summed E-state index contributed by atoms with van der Waals surface area (Å²) in [4.78, 5) is 26.8. The Labute approximate surface area is 213 Å². The zero-order valence-corrected chi connectivity index (χ0v) is 23.3. The van der Waals surface area contributed by atoms with Crippen molar-refractivity contribution in [3.8, 4) is 0 Å². The maximum atomic E-state index is 12.7. The van der Waals surface area contributed by atoms with Crippen LogP contribution in [0.25, 0.3) is 0 Å². The van der Waals surface area contributed by atoms with Crippen LogP contribution in [-0.2, 0) is 14.3 Å². The third kappa shape index (κ3) is 22.7. The Morgan fingerprint density at radius 1 is 0.500 bits per heavy atom. The van der Waals surface area contributed by atoms with Gasteiger partial charge >= 0.3 is 5.97 Å². The molecule has 0 radical (unpaired) electrons. The number of carbonyl (C=O) groups excluding carboxylic acids is 2. The average molecular weight is 482 g/mol. The Morgan fingerprint density at radius 3 is 1.41 bits per heavy atom. The summed E-state index contributed by atoms with van der Waals surface area (Å²) in [6, 6.07) is 0. The number of ether oxygens (including phenoxy) is 1. The Balaban J connectivity index is 3.77. The first-order valence-corrected chi connectivity index (χ1v) is 15.1. The molecule has 0 rings (SSSR count). The molecule has 0 fully saturated rings. The summed E-state index contributed by atoms with van der Waals surface area (Å²) in [6.45, 7) is 9.04. The van der Waals surface area contributed by atoms with E-state index in [1.54, 1.807) is 0 Å². The third-order valence-electron chi connectivity index (χ3n) is 6.70. The van der Waals surface area contributed by atoms with Gasteiger partial charge in [0.2, 0.25) is 5.91 Å². The number of hydrogen-bond acceptors (Lipinski definition) is 3. The Bertz CT molecular complexity index is 440. The van der Waals surface area contributed by atoms with E-state index in [1.807, 2.05) is 0 Å². The zero-order chi connectivity index (χ0) is 25.1. The van der Waals surface area contributed by atoms with Gasteiger partial charge in [-0.05, 0) is 32.1 Å². The summed E-state index contributed by atoms with van der Waals surface area (Å²) >= 11 is 0. The van der Waals surface area contributed by atoms with Crippen LogP contribution in [0.15, 0.2) is 0 Å². The lowest BCUT2D eigenvalue weighted by atomic mass is 10.1. The molecule has 0 aliphatic rings. The van der Waals surface area contributed by atoms with Crippen LogP contribution in [0.3, 0.4) is 0 Å². The summed E-state index contributed by atoms with van der Waals surface area (Å²) in [7, 11) is 0. The molecule has 0 aromatic rings. The van der Waals surface area contributed by atoms with E-state index in [0.29, 0.717) is 19.4 Å². The van der Waals surface area contributed by atoms with Crippen molar-refractivity contribution in [2.75, 3.05) is 19.7 Å². The van der Waals surface area contributed by atoms with Crippen molar-refractivity contribution in [2.45, 2.75) is 162 Å². The molecule has 0 spiro atoms. The van der Waals surface area contributed by atoms with Crippen LogP contribution >= 0.6 is 0 Å². The minimum Gasteiger partial charge on any atom is -0.466 e. The number of esters is 1. The Hall–Kier alpha value is -1.06. The van der Waals surface area contributed by atoms with Gasteiger partial charge in [-0.15, -0.1) is 0 Å². The number of amides is 1. The molecule has 0 unspecified atom stereocenters. The molecule has 202 valence electrons. The van der Waals surface area contributed by atoms with Crippen molar-refractivity contribution in [3.05, 3.63) is 0 Å². The van der Waals surface area contributed by atoms with Crippen LogP contribution in [0.4, 0.5) is 0 Å². The molecule has 0 aromatic heterocycles. The predicted molar refractivity (Wildman–Crippen MR) is 146 cm³/mol. The summed E-state index contributed by atoms with van der Waals surface area (Å²) in [6.07, 6.45) is 25.0. The second kappa shape index (κ2) is 26.5. The zero-order valence-electron chi connectivity index (χ0n) is 23.3. The summed E-state index contributed by atoms with van der Waals surface area (Å²) in [5.41, 5.74) is 0. The van der Waals surface area contributed by atoms with E-state index < -0.39 is 0 Å². The minimum absolute atomic E-state index is 0.0978. The summed E-state index contributed by atoms with van der Waals surface area (Å²) < 4.78 is 5.39. The number of hydrogen-bond donors (Lipinski definition) is 0. The van der Waals surface area contributed by atoms with Crippen molar-refractivity contribution >= 4 is 11.9 Å². The molecule has 1 amide bonds. The number of rotatable bonds is 26. The van der Waals surface area contributed by atoms with Crippen LogP contribution in [0, 0.1) is 0 Å². The fraction of sp³-hybridized carbons (Fsp3) is 0.933. The quantitative estimate of drug-likeness (QED) is 0.0914. The molecular formula is C30H59NO3. The average Bonchev–Trinajstić information content (AvgIpc) is 2.84. The number of nitrogens with zero attached hydrogens (tertiary/aromatic N) is 1. The molecule has 34 heavy (non-hydrogen) atoms. The SMILES string of the molecule is CCCCCCCCCCCCOC(=O)CCCCC(=O)N(CCCCCC)CCCCCC. The molecular weight excluding hydrogens is 422 g/mol. The highest BCUT2D eigenvalue weighted by molar-refractivity contribution is 5.76. The molecule has 4 nitrogen and oxygen atoms in total. The molecule has 0 aliphatic heterocycles. The second-order valence-electron chi connectivity index (χ2n) is 10.1. The monoisotopic (exact) mass is 481 g/mol. The molecule has 0 aliphatic carbocycles.